The van der Waals surface area contributed by atoms with Crippen LogP contribution in [0.25, 0.3) is 5.69 Å². The third kappa shape index (κ3) is 5.00. The SMILES string of the molecule is CN=C(NCC1CCc2nnc(C)n2C1)N(C)Cc1cnn(-c2ccccc2)c1.I. The Morgan fingerprint density at radius 3 is 2.83 bits per heavy atom. The molecule has 1 aliphatic heterocycles. The molecule has 1 N–H and O–H groups in total. The van der Waals surface area contributed by atoms with E-state index in [1.165, 1.54) is 0 Å². The van der Waals surface area contributed by atoms with E-state index in [1.54, 1.807) is 0 Å². The number of aliphatic imine (C=N–C) groups is 1. The van der Waals surface area contributed by atoms with E-state index in [0.717, 1.165) is 61.3 Å². The first-order valence-electron chi connectivity index (χ1n) is 10.0. The van der Waals surface area contributed by atoms with Crippen molar-refractivity contribution in [2.75, 3.05) is 20.6 Å². The average Bonchev–Trinajstić information content (AvgIpc) is 3.36. The first-order chi connectivity index (χ1) is 14.1. The third-order valence-electron chi connectivity index (χ3n) is 5.43. The second-order valence-electron chi connectivity index (χ2n) is 7.59. The Balaban J connectivity index is 0.00000256. The van der Waals surface area contributed by atoms with E-state index in [1.807, 2.05) is 55.2 Å². The number of halogens is 1. The molecule has 8 nitrogen and oxygen atoms in total. The van der Waals surface area contributed by atoms with Gasteiger partial charge in [0.2, 0.25) is 0 Å². The number of benzene rings is 1. The number of nitrogens with one attached hydrogen (secondary N) is 1. The van der Waals surface area contributed by atoms with Gasteiger partial charge in [-0.1, -0.05) is 18.2 Å². The van der Waals surface area contributed by atoms with E-state index in [-0.39, 0.29) is 24.0 Å². The molecule has 1 unspecified atom stereocenters. The molecule has 3 aromatic rings. The van der Waals surface area contributed by atoms with E-state index >= 15 is 0 Å². The van der Waals surface area contributed by atoms with Crippen molar-refractivity contribution in [2.45, 2.75) is 32.9 Å². The highest BCUT2D eigenvalue weighted by Crippen LogP contribution is 2.19. The predicted molar refractivity (Wildman–Crippen MR) is 128 cm³/mol. The van der Waals surface area contributed by atoms with Gasteiger partial charge in [0.05, 0.1) is 11.9 Å². The fraction of sp³-hybridized carbons (Fsp3) is 0.429. The Kier molecular flexibility index (Phi) is 7.46. The van der Waals surface area contributed by atoms with Crippen LogP contribution in [0.15, 0.2) is 47.7 Å². The van der Waals surface area contributed by atoms with Crippen molar-refractivity contribution in [1.29, 1.82) is 0 Å². The third-order valence-corrected chi connectivity index (χ3v) is 5.43. The van der Waals surface area contributed by atoms with Crippen molar-refractivity contribution in [3.63, 3.8) is 0 Å². The molecule has 1 aromatic carbocycles. The quantitative estimate of drug-likeness (QED) is 0.318. The summed E-state index contributed by atoms with van der Waals surface area (Å²) in [5.41, 5.74) is 2.20. The van der Waals surface area contributed by atoms with Gasteiger partial charge in [0, 0.05) is 51.9 Å². The lowest BCUT2D eigenvalue weighted by atomic mass is 9.99. The summed E-state index contributed by atoms with van der Waals surface area (Å²) in [7, 11) is 3.88. The largest absolute Gasteiger partial charge is 0.356 e. The molecule has 0 radical (unpaired) electrons. The van der Waals surface area contributed by atoms with Crippen LogP contribution in [0.5, 0.6) is 0 Å². The van der Waals surface area contributed by atoms with Crippen LogP contribution >= 0.6 is 24.0 Å². The van der Waals surface area contributed by atoms with Crippen molar-refractivity contribution in [3.8, 4) is 5.69 Å². The molecule has 160 valence electrons. The Morgan fingerprint density at radius 2 is 2.07 bits per heavy atom. The van der Waals surface area contributed by atoms with Gasteiger partial charge in [-0.05, 0) is 31.4 Å². The molecule has 0 fully saturated rings. The zero-order valence-corrected chi connectivity index (χ0v) is 20.0. The van der Waals surface area contributed by atoms with Gasteiger partial charge in [-0.2, -0.15) is 5.10 Å². The van der Waals surface area contributed by atoms with E-state index in [4.69, 9.17) is 0 Å². The standard InChI is InChI=1S/C21H28N8.HI/c1-16-25-26-20-10-9-17(14-28(16)20)11-23-21(22-2)27(3)13-18-12-24-29(15-18)19-7-5-4-6-8-19;/h4-8,12,15,17H,9-11,13-14H2,1-3H3,(H,22,23);1H. The number of rotatable bonds is 5. The topological polar surface area (TPSA) is 76.2 Å². The summed E-state index contributed by atoms with van der Waals surface area (Å²) >= 11 is 0. The Hall–Kier alpha value is -2.43. The van der Waals surface area contributed by atoms with Crippen molar-refractivity contribution >= 4 is 29.9 Å². The zero-order valence-electron chi connectivity index (χ0n) is 17.7. The summed E-state index contributed by atoms with van der Waals surface area (Å²) in [5, 5.41) is 16.5. The molecule has 0 aliphatic carbocycles. The predicted octanol–water partition coefficient (Wildman–Crippen LogP) is 2.66. The fourth-order valence-electron chi connectivity index (χ4n) is 3.83. The number of fused-ring (bicyclic) bond motifs is 1. The molecule has 0 saturated heterocycles. The van der Waals surface area contributed by atoms with Gasteiger partial charge in [-0.15, -0.1) is 34.2 Å². The minimum absolute atomic E-state index is 0. The molecule has 4 rings (SSSR count). The van der Waals surface area contributed by atoms with Crippen LogP contribution in [0, 0.1) is 12.8 Å². The van der Waals surface area contributed by atoms with Crippen molar-refractivity contribution in [2.24, 2.45) is 10.9 Å². The van der Waals surface area contributed by atoms with Gasteiger partial charge in [0.1, 0.15) is 11.6 Å². The van der Waals surface area contributed by atoms with Crippen LogP contribution in [-0.4, -0.2) is 56.0 Å². The number of para-hydroxylation sites is 1. The molecule has 3 heterocycles. The molecule has 2 aromatic heterocycles. The monoisotopic (exact) mass is 520 g/mol. The number of aryl methyl sites for hydroxylation is 2. The van der Waals surface area contributed by atoms with Gasteiger partial charge >= 0.3 is 0 Å². The van der Waals surface area contributed by atoms with E-state index < -0.39 is 0 Å². The van der Waals surface area contributed by atoms with E-state index in [0.29, 0.717) is 5.92 Å². The molecular formula is C21H29IN8. The molecule has 30 heavy (non-hydrogen) atoms. The maximum Gasteiger partial charge on any atom is 0.193 e. The lowest BCUT2D eigenvalue weighted by Gasteiger charge is -2.27. The molecule has 1 aliphatic rings. The van der Waals surface area contributed by atoms with E-state index in [9.17, 15) is 0 Å². The van der Waals surface area contributed by atoms with Gasteiger partial charge in [0.15, 0.2) is 5.96 Å². The molecule has 0 amide bonds. The van der Waals surface area contributed by atoms with Crippen LogP contribution in [0.1, 0.15) is 23.6 Å². The van der Waals surface area contributed by atoms with E-state index in [2.05, 4.69) is 48.3 Å². The molecule has 0 spiro atoms. The zero-order chi connectivity index (χ0) is 20.2. The summed E-state index contributed by atoms with van der Waals surface area (Å²) in [6, 6.07) is 10.1. The summed E-state index contributed by atoms with van der Waals surface area (Å²) < 4.78 is 4.14. The van der Waals surface area contributed by atoms with Crippen molar-refractivity contribution < 1.29 is 0 Å². The molecular weight excluding hydrogens is 491 g/mol. The lowest BCUT2D eigenvalue weighted by Crippen LogP contribution is -2.42. The number of nitrogens with zero attached hydrogens (tertiary/aromatic N) is 7. The number of guanidine groups is 1. The Morgan fingerprint density at radius 1 is 1.27 bits per heavy atom. The second-order valence-corrected chi connectivity index (χ2v) is 7.59. The maximum atomic E-state index is 4.48. The highest BCUT2D eigenvalue weighted by molar-refractivity contribution is 14.0. The number of aromatic nitrogens is 5. The van der Waals surface area contributed by atoms with Crippen LogP contribution in [0.2, 0.25) is 0 Å². The number of hydrogen-bond acceptors (Lipinski definition) is 4. The summed E-state index contributed by atoms with van der Waals surface area (Å²) in [4.78, 5) is 6.59. The highest BCUT2D eigenvalue weighted by Gasteiger charge is 2.22. The second kappa shape index (κ2) is 10.1. The first kappa shape index (κ1) is 22.3. The number of hydrogen-bond donors (Lipinski definition) is 1. The highest BCUT2D eigenvalue weighted by atomic mass is 127. The van der Waals surface area contributed by atoms with Crippen molar-refractivity contribution in [1.82, 2.24) is 34.8 Å². The minimum Gasteiger partial charge on any atom is -0.356 e. The van der Waals surface area contributed by atoms with Gasteiger partial charge in [-0.3, -0.25) is 4.99 Å². The first-order valence-corrected chi connectivity index (χ1v) is 10.0. The van der Waals surface area contributed by atoms with Crippen molar-refractivity contribution in [3.05, 3.63) is 59.9 Å². The Labute approximate surface area is 194 Å². The molecule has 9 heteroatoms. The van der Waals surface area contributed by atoms with Crippen LogP contribution < -0.4 is 5.32 Å². The Bertz CT molecular complexity index is 978. The van der Waals surface area contributed by atoms with Crippen LogP contribution in [0.4, 0.5) is 0 Å². The summed E-state index contributed by atoms with van der Waals surface area (Å²) in [5.74, 6) is 3.55. The fourth-order valence-corrected chi connectivity index (χ4v) is 3.83. The molecule has 0 saturated carbocycles. The maximum absolute atomic E-state index is 4.48. The molecule has 1 atom stereocenters. The summed E-state index contributed by atoms with van der Waals surface area (Å²) in [6.07, 6.45) is 6.08. The van der Waals surface area contributed by atoms with Crippen LogP contribution in [-0.2, 0) is 19.5 Å². The van der Waals surface area contributed by atoms with Gasteiger partial charge in [-0.25, -0.2) is 4.68 Å². The summed E-state index contributed by atoms with van der Waals surface area (Å²) in [6.45, 7) is 4.61. The minimum atomic E-state index is 0. The average molecular weight is 520 g/mol. The smallest absolute Gasteiger partial charge is 0.193 e. The van der Waals surface area contributed by atoms with Crippen LogP contribution in [0.3, 0.4) is 0 Å². The molecule has 0 bridgehead atoms. The normalized spacial score (nSPS) is 16.0. The van der Waals surface area contributed by atoms with Gasteiger partial charge in [0.25, 0.3) is 0 Å². The lowest BCUT2D eigenvalue weighted by molar-refractivity contribution is 0.352. The van der Waals surface area contributed by atoms with Gasteiger partial charge < -0.3 is 14.8 Å².